The number of para-hydroxylation sites is 3. The van der Waals surface area contributed by atoms with Crippen LogP contribution in [-0.2, 0) is 0 Å². The van der Waals surface area contributed by atoms with Gasteiger partial charge in [-0.15, -0.1) is 0 Å². The molecule has 0 fully saturated rings. The van der Waals surface area contributed by atoms with Crippen molar-refractivity contribution >= 4 is 71.7 Å². The molecule has 0 bridgehead atoms. The quantitative estimate of drug-likeness (QED) is 0.209. The van der Waals surface area contributed by atoms with E-state index in [9.17, 15) is 0 Å². The molecule has 3 aromatic heterocycles. The maximum Gasteiger partial charge on any atom is 0.135 e. The Labute approximate surface area is 276 Å². The molecule has 10 aromatic rings. The van der Waals surface area contributed by atoms with Crippen molar-refractivity contribution in [2.75, 3.05) is 4.90 Å². The first-order valence-electron chi connectivity index (χ1n) is 16.3. The van der Waals surface area contributed by atoms with Crippen molar-refractivity contribution in [3.05, 3.63) is 170 Å². The molecule has 0 amide bonds. The van der Waals surface area contributed by atoms with Crippen LogP contribution in [0.4, 0.5) is 17.1 Å². The lowest BCUT2D eigenvalue weighted by molar-refractivity contribution is 0.669. The minimum Gasteiger partial charge on any atom is -0.456 e. The number of anilines is 3. The fourth-order valence-corrected chi connectivity index (χ4v) is 7.25. The normalized spacial score (nSPS) is 11.8. The summed E-state index contributed by atoms with van der Waals surface area (Å²) in [6, 6.07) is 58.1. The van der Waals surface area contributed by atoms with Gasteiger partial charge in [-0.1, -0.05) is 91.0 Å². The van der Waals surface area contributed by atoms with Crippen LogP contribution in [0, 0.1) is 0 Å². The third-order valence-electron chi connectivity index (χ3n) is 9.57. The van der Waals surface area contributed by atoms with Crippen LogP contribution < -0.4 is 4.90 Å². The average molecular weight is 616 g/mol. The Balaban J connectivity index is 1.01. The van der Waals surface area contributed by atoms with Gasteiger partial charge < -0.3 is 18.9 Å². The number of rotatable bonds is 5. The Morgan fingerprint density at radius 2 is 1.15 bits per heavy atom. The minimum absolute atomic E-state index is 0.894. The third kappa shape index (κ3) is 4.16. The van der Waals surface area contributed by atoms with E-state index in [-0.39, 0.29) is 0 Å². The average Bonchev–Trinajstić information content (AvgIpc) is 3.86. The smallest absolute Gasteiger partial charge is 0.135 e. The second kappa shape index (κ2) is 10.5. The highest BCUT2D eigenvalue weighted by Gasteiger charge is 2.16. The maximum atomic E-state index is 6.13. The minimum atomic E-state index is 0.894. The van der Waals surface area contributed by atoms with E-state index in [0.717, 1.165) is 50.2 Å². The summed E-state index contributed by atoms with van der Waals surface area (Å²) in [5, 5.41) is 5.96. The summed E-state index contributed by atoms with van der Waals surface area (Å²) in [5.74, 6) is 0. The standard InChI is InChI=1S/C44H29N3O/c1-2-8-33(9-3-1)47(35-23-25-42-39(28-35)37-11-5-7-13-41(37)48-42)34-21-16-30(17-22-34)29-14-19-32(20-15-29)46-27-26-31-18-24-38-36-10-4-6-12-40(36)45-43(38)44(31)46/h1-28,45H. The van der Waals surface area contributed by atoms with E-state index in [1.165, 1.54) is 38.3 Å². The van der Waals surface area contributed by atoms with E-state index in [2.05, 4.69) is 172 Å². The summed E-state index contributed by atoms with van der Waals surface area (Å²) >= 11 is 0. The van der Waals surface area contributed by atoms with Crippen LogP contribution in [0.25, 0.3) is 71.5 Å². The van der Waals surface area contributed by atoms with Crippen LogP contribution >= 0.6 is 0 Å². The van der Waals surface area contributed by atoms with Gasteiger partial charge in [-0.25, -0.2) is 0 Å². The van der Waals surface area contributed by atoms with Crippen LogP contribution in [0.1, 0.15) is 0 Å². The van der Waals surface area contributed by atoms with Crippen molar-refractivity contribution in [2.24, 2.45) is 0 Å². The number of aromatic amines is 1. The van der Waals surface area contributed by atoms with Crippen molar-refractivity contribution in [1.29, 1.82) is 0 Å². The van der Waals surface area contributed by atoms with Gasteiger partial charge in [0.1, 0.15) is 11.2 Å². The second-order valence-electron chi connectivity index (χ2n) is 12.3. The van der Waals surface area contributed by atoms with Crippen molar-refractivity contribution < 1.29 is 4.42 Å². The van der Waals surface area contributed by atoms with Gasteiger partial charge in [-0.2, -0.15) is 0 Å². The van der Waals surface area contributed by atoms with Gasteiger partial charge in [0, 0.05) is 61.4 Å². The van der Waals surface area contributed by atoms with Crippen LogP contribution in [-0.4, -0.2) is 9.55 Å². The van der Waals surface area contributed by atoms with Crippen molar-refractivity contribution in [3.8, 4) is 16.8 Å². The molecule has 0 saturated carbocycles. The molecule has 7 aromatic carbocycles. The van der Waals surface area contributed by atoms with E-state index in [0.29, 0.717) is 0 Å². The number of benzene rings is 7. The maximum absolute atomic E-state index is 6.13. The van der Waals surface area contributed by atoms with E-state index >= 15 is 0 Å². The van der Waals surface area contributed by atoms with Gasteiger partial charge in [0.2, 0.25) is 0 Å². The van der Waals surface area contributed by atoms with E-state index in [4.69, 9.17) is 4.42 Å². The molecule has 0 aliphatic carbocycles. The van der Waals surface area contributed by atoms with E-state index < -0.39 is 0 Å². The van der Waals surface area contributed by atoms with Gasteiger partial charge in [0.25, 0.3) is 0 Å². The molecule has 0 atom stereocenters. The summed E-state index contributed by atoms with van der Waals surface area (Å²) in [5.41, 5.74) is 12.1. The molecule has 4 nitrogen and oxygen atoms in total. The van der Waals surface area contributed by atoms with E-state index in [1.807, 2.05) is 12.1 Å². The highest BCUT2D eigenvalue weighted by Crippen LogP contribution is 2.39. The number of hydrogen-bond acceptors (Lipinski definition) is 2. The Morgan fingerprint density at radius 1 is 0.479 bits per heavy atom. The molecule has 226 valence electrons. The number of nitrogens with zero attached hydrogens (tertiary/aromatic N) is 2. The predicted molar refractivity (Wildman–Crippen MR) is 200 cm³/mol. The first-order valence-corrected chi connectivity index (χ1v) is 16.3. The number of nitrogens with one attached hydrogen (secondary N) is 1. The van der Waals surface area contributed by atoms with Gasteiger partial charge in [0.05, 0.1) is 11.0 Å². The summed E-state index contributed by atoms with van der Waals surface area (Å²) < 4.78 is 8.42. The molecular weight excluding hydrogens is 587 g/mol. The molecule has 3 heterocycles. The third-order valence-corrected chi connectivity index (χ3v) is 9.57. The second-order valence-corrected chi connectivity index (χ2v) is 12.3. The fraction of sp³-hybridized carbons (Fsp3) is 0. The number of H-pyrrole nitrogens is 1. The lowest BCUT2D eigenvalue weighted by Gasteiger charge is -2.25. The first-order chi connectivity index (χ1) is 23.8. The Bertz CT molecular complexity index is 2770. The highest BCUT2D eigenvalue weighted by atomic mass is 16.3. The Kier molecular flexibility index (Phi) is 5.84. The summed E-state index contributed by atoms with van der Waals surface area (Å²) in [6.45, 7) is 0. The topological polar surface area (TPSA) is 37.1 Å². The summed E-state index contributed by atoms with van der Waals surface area (Å²) in [6.07, 6.45) is 2.17. The predicted octanol–water partition coefficient (Wildman–Crippen LogP) is 12.3. The molecule has 0 spiro atoms. The van der Waals surface area contributed by atoms with Crippen LogP contribution in [0.5, 0.6) is 0 Å². The molecule has 1 N–H and O–H groups in total. The van der Waals surface area contributed by atoms with Crippen molar-refractivity contribution in [2.45, 2.75) is 0 Å². The number of hydrogen-bond donors (Lipinski definition) is 1. The molecule has 4 heteroatoms. The van der Waals surface area contributed by atoms with Crippen molar-refractivity contribution in [3.63, 3.8) is 0 Å². The zero-order chi connectivity index (χ0) is 31.6. The van der Waals surface area contributed by atoms with E-state index in [1.54, 1.807) is 0 Å². The Hall–Kier alpha value is -6.52. The largest absolute Gasteiger partial charge is 0.456 e. The Morgan fingerprint density at radius 3 is 1.98 bits per heavy atom. The van der Waals surface area contributed by atoms with Crippen LogP contribution in [0.2, 0.25) is 0 Å². The molecule has 0 unspecified atom stereocenters. The van der Waals surface area contributed by atoms with Gasteiger partial charge in [-0.05, 0) is 83.9 Å². The fourth-order valence-electron chi connectivity index (χ4n) is 7.25. The lowest BCUT2D eigenvalue weighted by atomic mass is 10.0. The number of fused-ring (bicyclic) bond motifs is 8. The zero-order valence-corrected chi connectivity index (χ0v) is 26.0. The molecule has 0 aliphatic rings. The van der Waals surface area contributed by atoms with Gasteiger partial charge in [-0.3, -0.25) is 0 Å². The highest BCUT2D eigenvalue weighted by molar-refractivity contribution is 6.16. The molecule has 0 aliphatic heterocycles. The monoisotopic (exact) mass is 615 g/mol. The molecule has 10 rings (SSSR count). The number of furan rings is 1. The molecule has 48 heavy (non-hydrogen) atoms. The SMILES string of the molecule is c1ccc(N(c2ccc(-c3ccc(-n4ccc5ccc6c7ccccc7[nH]c6c54)cc3)cc2)c2ccc3oc4ccccc4c3c2)cc1. The van der Waals surface area contributed by atoms with Crippen LogP contribution in [0.3, 0.4) is 0 Å². The van der Waals surface area contributed by atoms with Gasteiger partial charge >= 0.3 is 0 Å². The molecule has 0 radical (unpaired) electrons. The number of aromatic nitrogens is 2. The summed E-state index contributed by atoms with van der Waals surface area (Å²) in [4.78, 5) is 5.98. The van der Waals surface area contributed by atoms with Crippen molar-refractivity contribution in [1.82, 2.24) is 9.55 Å². The van der Waals surface area contributed by atoms with Crippen LogP contribution in [0.15, 0.2) is 174 Å². The first kappa shape index (κ1) is 26.7. The van der Waals surface area contributed by atoms with Gasteiger partial charge in [0.15, 0.2) is 0 Å². The molecule has 0 saturated heterocycles. The molecular formula is C44H29N3O. The lowest BCUT2D eigenvalue weighted by Crippen LogP contribution is -2.09. The zero-order valence-electron chi connectivity index (χ0n) is 26.0. The summed E-state index contributed by atoms with van der Waals surface area (Å²) in [7, 11) is 0.